The fourth-order valence-corrected chi connectivity index (χ4v) is 3.18. The summed E-state index contributed by atoms with van der Waals surface area (Å²) >= 11 is 0. The lowest BCUT2D eigenvalue weighted by Gasteiger charge is -2.39. The fraction of sp³-hybridized carbons (Fsp3) is 0.833. The highest BCUT2D eigenvalue weighted by Gasteiger charge is 2.39. The highest BCUT2D eigenvalue weighted by Crippen LogP contribution is 2.45. The summed E-state index contributed by atoms with van der Waals surface area (Å²) in [5, 5.41) is 0. The predicted octanol–water partition coefficient (Wildman–Crippen LogP) is 2.83. The largest absolute Gasteiger partial charge is 0.489 e. The second-order valence-corrected chi connectivity index (χ2v) is 6.30. The zero-order chi connectivity index (χ0) is 11.1. The van der Waals surface area contributed by atoms with Gasteiger partial charge in [0.25, 0.3) is 0 Å². The van der Waals surface area contributed by atoms with Gasteiger partial charge >= 0.3 is 7.12 Å². The quantitative estimate of drug-likeness (QED) is 0.617. The summed E-state index contributed by atoms with van der Waals surface area (Å²) in [7, 11) is -0.0659. The van der Waals surface area contributed by atoms with Crippen molar-refractivity contribution in [2.24, 2.45) is 10.8 Å². The van der Waals surface area contributed by atoms with Crippen LogP contribution in [0.15, 0.2) is 11.5 Å². The van der Waals surface area contributed by atoms with Crippen LogP contribution < -0.4 is 0 Å². The average Bonchev–Trinajstić information content (AvgIpc) is 2.48. The van der Waals surface area contributed by atoms with Crippen molar-refractivity contribution in [3.8, 4) is 0 Å². The molecule has 2 aliphatic rings. The van der Waals surface area contributed by atoms with Crippen LogP contribution in [0.1, 0.15) is 40.5 Å². The maximum atomic E-state index is 5.59. The normalized spacial score (nSPS) is 29.1. The van der Waals surface area contributed by atoms with Gasteiger partial charge < -0.3 is 9.31 Å². The molecule has 0 aromatic carbocycles. The molecule has 84 valence electrons. The molecule has 0 bridgehead atoms. The first kappa shape index (κ1) is 11.2. The summed E-state index contributed by atoms with van der Waals surface area (Å²) in [5.74, 6) is 0. The van der Waals surface area contributed by atoms with Gasteiger partial charge in [0, 0.05) is 0 Å². The first-order chi connectivity index (χ1) is 6.88. The summed E-state index contributed by atoms with van der Waals surface area (Å²) in [6, 6.07) is 0. The summed E-state index contributed by atoms with van der Waals surface area (Å²) in [6.45, 7) is 10.7. The topological polar surface area (TPSA) is 18.5 Å². The second kappa shape index (κ2) is 3.64. The van der Waals surface area contributed by atoms with E-state index >= 15 is 0 Å². The molecule has 0 spiro atoms. The average molecular weight is 208 g/mol. The first-order valence-electron chi connectivity index (χ1n) is 5.83. The van der Waals surface area contributed by atoms with E-state index in [9.17, 15) is 0 Å². The highest BCUT2D eigenvalue weighted by molar-refractivity contribution is 6.54. The molecule has 15 heavy (non-hydrogen) atoms. The van der Waals surface area contributed by atoms with Gasteiger partial charge in [-0.05, 0) is 29.1 Å². The van der Waals surface area contributed by atoms with Crippen LogP contribution in [0.4, 0.5) is 0 Å². The Labute approximate surface area is 93.2 Å². The van der Waals surface area contributed by atoms with Gasteiger partial charge in [0.05, 0.1) is 13.2 Å². The Morgan fingerprint density at radius 3 is 2.27 bits per heavy atom. The monoisotopic (exact) mass is 208 g/mol. The Bertz CT molecular complexity index is 275. The molecule has 0 saturated carbocycles. The van der Waals surface area contributed by atoms with Gasteiger partial charge in [0.15, 0.2) is 0 Å². The van der Waals surface area contributed by atoms with E-state index in [0.717, 1.165) is 19.6 Å². The fourth-order valence-electron chi connectivity index (χ4n) is 3.18. The van der Waals surface area contributed by atoms with Crippen LogP contribution in [0.3, 0.4) is 0 Å². The van der Waals surface area contributed by atoms with Gasteiger partial charge in [-0.1, -0.05) is 33.8 Å². The van der Waals surface area contributed by atoms with Gasteiger partial charge in [-0.15, -0.1) is 0 Å². The minimum Gasteiger partial charge on any atom is -0.405 e. The lowest BCUT2D eigenvalue weighted by molar-refractivity contribution is 0.214. The highest BCUT2D eigenvalue weighted by atomic mass is 16.6. The van der Waals surface area contributed by atoms with E-state index < -0.39 is 0 Å². The van der Waals surface area contributed by atoms with Crippen molar-refractivity contribution in [1.29, 1.82) is 0 Å². The van der Waals surface area contributed by atoms with Crippen LogP contribution >= 0.6 is 0 Å². The molecule has 0 atom stereocenters. The van der Waals surface area contributed by atoms with E-state index in [1.54, 1.807) is 0 Å². The number of hydrogen-bond acceptors (Lipinski definition) is 2. The van der Waals surface area contributed by atoms with Crippen LogP contribution in [-0.2, 0) is 9.31 Å². The Kier molecular flexibility index (Phi) is 2.72. The third-order valence-corrected chi connectivity index (χ3v) is 3.12. The Morgan fingerprint density at radius 1 is 1.13 bits per heavy atom. The van der Waals surface area contributed by atoms with Crippen molar-refractivity contribution in [3.63, 3.8) is 0 Å². The Hall–Kier alpha value is -0.275. The molecule has 0 unspecified atom stereocenters. The van der Waals surface area contributed by atoms with Gasteiger partial charge in [0.1, 0.15) is 0 Å². The standard InChI is InChI=1S/C12H21BO2/c1-11(2)7-10(8-12(3,4)9-11)13-14-5-6-15-13/h7H,5-6,8-9H2,1-4H3. The van der Waals surface area contributed by atoms with E-state index in [2.05, 4.69) is 33.8 Å². The smallest absolute Gasteiger partial charge is 0.405 e. The molecule has 0 amide bonds. The van der Waals surface area contributed by atoms with E-state index in [1.807, 2.05) is 0 Å². The number of allylic oxidation sites excluding steroid dienone is 2. The zero-order valence-corrected chi connectivity index (χ0v) is 10.3. The molecule has 0 aromatic rings. The summed E-state index contributed by atoms with van der Waals surface area (Å²) in [6.07, 6.45) is 4.69. The summed E-state index contributed by atoms with van der Waals surface area (Å²) in [4.78, 5) is 0. The summed E-state index contributed by atoms with van der Waals surface area (Å²) in [5.41, 5.74) is 1.98. The van der Waals surface area contributed by atoms with Gasteiger partial charge in [0.2, 0.25) is 0 Å². The predicted molar refractivity (Wildman–Crippen MR) is 62.5 cm³/mol. The van der Waals surface area contributed by atoms with E-state index in [4.69, 9.17) is 9.31 Å². The van der Waals surface area contributed by atoms with Crippen molar-refractivity contribution in [1.82, 2.24) is 0 Å². The van der Waals surface area contributed by atoms with Crippen molar-refractivity contribution in [2.75, 3.05) is 13.2 Å². The van der Waals surface area contributed by atoms with Gasteiger partial charge in [-0.2, -0.15) is 0 Å². The molecule has 3 heteroatoms. The van der Waals surface area contributed by atoms with Crippen molar-refractivity contribution in [2.45, 2.75) is 40.5 Å². The van der Waals surface area contributed by atoms with Crippen molar-refractivity contribution in [3.05, 3.63) is 11.5 Å². The van der Waals surface area contributed by atoms with Crippen LogP contribution in [0.2, 0.25) is 0 Å². The molecular weight excluding hydrogens is 187 g/mol. The lowest BCUT2D eigenvalue weighted by Crippen LogP contribution is -2.33. The molecule has 1 aliphatic carbocycles. The SMILES string of the molecule is CC1(C)C=C(B2OCCO2)CC(C)(C)C1. The molecule has 1 fully saturated rings. The van der Waals surface area contributed by atoms with Gasteiger partial charge in [-0.25, -0.2) is 0 Å². The Balaban J connectivity index is 2.19. The van der Waals surface area contributed by atoms with Crippen LogP contribution in [-0.4, -0.2) is 20.3 Å². The maximum Gasteiger partial charge on any atom is 0.489 e. The van der Waals surface area contributed by atoms with E-state index in [-0.39, 0.29) is 12.5 Å². The van der Waals surface area contributed by atoms with Crippen LogP contribution in [0.25, 0.3) is 0 Å². The number of hydrogen-bond donors (Lipinski definition) is 0. The molecule has 0 aromatic heterocycles. The second-order valence-electron chi connectivity index (χ2n) is 6.30. The molecule has 2 nitrogen and oxygen atoms in total. The molecule has 2 rings (SSSR count). The molecule has 0 N–H and O–H groups in total. The molecular formula is C12H21BO2. The molecule has 1 heterocycles. The summed E-state index contributed by atoms with van der Waals surface area (Å²) < 4.78 is 11.2. The third kappa shape index (κ3) is 2.64. The van der Waals surface area contributed by atoms with Crippen LogP contribution in [0.5, 0.6) is 0 Å². The van der Waals surface area contributed by atoms with E-state index in [1.165, 1.54) is 11.9 Å². The Morgan fingerprint density at radius 2 is 1.73 bits per heavy atom. The molecule has 0 radical (unpaired) electrons. The molecule has 1 saturated heterocycles. The molecule has 1 aliphatic heterocycles. The third-order valence-electron chi connectivity index (χ3n) is 3.12. The zero-order valence-electron chi connectivity index (χ0n) is 10.3. The van der Waals surface area contributed by atoms with Gasteiger partial charge in [-0.3, -0.25) is 0 Å². The minimum absolute atomic E-state index is 0.0659. The lowest BCUT2D eigenvalue weighted by atomic mass is 9.59. The number of rotatable bonds is 1. The van der Waals surface area contributed by atoms with Crippen LogP contribution in [0, 0.1) is 10.8 Å². The van der Waals surface area contributed by atoms with Crippen molar-refractivity contribution >= 4 is 7.12 Å². The maximum absolute atomic E-state index is 5.59. The minimum atomic E-state index is -0.0659. The first-order valence-corrected chi connectivity index (χ1v) is 5.83. The van der Waals surface area contributed by atoms with Crippen molar-refractivity contribution < 1.29 is 9.31 Å². The van der Waals surface area contributed by atoms with E-state index in [0.29, 0.717) is 5.41 Å².